The van der Waals surface area contributed by atoms with E-state index in [1.54, 1.807) is 31.7 Å². The van der Waals surface area contributed by atoms with E-state index in [-0.39, 0.29) is 0 Å². The Morgan fingerprint density at radius 2 is 2.50 bits per heavy atom. The standard InChI is InChI=1S/C7H8N2O/c1-10-5-3-7-2-4-8-6-9-7/h2-6H,1H3/b5-3-. The van der Waals surface area contributed by atoms with E-state index in [0.29, 0.717) is 0 Å². The number of ether oxygens (including phenoxy) is 1. The first-order valence-electron chi connectivity index (χ1n) is 2.89. The van der Waals surface area contributed by atoms with Crippen LogP contribution in [0, 0.1) is 0 Å². The summed E-state index contributed by atoms with van der Waals surface area (Å²) in [6, 6.07) is 1.80. The monoisotopic (exact) mass is 136 g/mol. The molecule has 52 valence electrons. The summed E-state index contributed by atoms with van der Waals surface area (Å²) in [6.07, 6.45) is 6.52. The lowest BCUT2D eigenvalue weighted by atomic mass is 10.4. The molecule has 1 rings (SSSR count). The van der Waals surface area contributed by atoms with E-state index >= 15 is 0 Å². The third-order valence-corrected chi connectivity index (χ3v) is 0.980. The quantitative estimate of drug-likeness (QED) is 0.571. The lowest BCUT2D eigenvalue weighted by molar-refractivity contribution is 0.341. The van der Waals surface area contributed by atoms with Crippen LogP contribution in [0.15, 0.2) is 24.9 Å². The molecule has 0 radical (unpaired) electrons. The smallest absolute Gasteiger partial charge is 0.115 e. The van der Waals surface area contributed by atoms with Crippen molar-refractivity contribution in [3.8, 4) is 0 Å². The van der Waals surface area contributed by atoms with Crippen LogP contribution >= 0.6 is 0 Å². The van der Waals surface area contributed by atoms with Crippen molar-refractivity contribution in [2.75, 3.05) is 7.11 Å². The van der Waals surface area contributed by atoms with Gasteiger partial charge in [0.25, 0.3) is 0 Å². The van der Waals surface area contributed by atoms with Crippen molar-refractivity contribution in [3.63, 3.8) is 0 Å². The SMILES string of the molecule is CO/C=C\c1ccncn1. The topological polar surface area (TPSA) is 35.0 Å². The third kappa shape index (κ3) is 1.85. The van der Waals surface area contributed by atoms with Crippen LogP contribution in [0.5, 0.6) is 0 Å². The van der Waals surface area contributed by atoms with E-state index in [4.69, 9.17) is 4.74 Å². The average Bonchev–Trinajstić information content (AvgIpc) is 2.03. The predicted molar refractivity (Wildman–Crippen MR) is 38.1 cm³/mol. The van der Waals surface area contributed by atoms with Crippen LogP contribution in [0.3, 0.4) is 0 Å². The zero-order valence-corrected chi connectivity index (χ0v) is 5.69. The molecule has 3 nitrogen and oxygen atoms in total. The highest BCUT2D eigenvalue weighted by Gasteiger charge is 1.81. The molecule has 0 saturated carbocycles. The van der Waals surface area contributed by atoms with E-state index in [0.717, 1.165) is 5.69 Å². The Bertz CT molecular complexity index is 208. The van der Waals surface area contributed by atoms with Crippen molar-refractivity contribution in [3.05, 3.63) is 30.5 Å². The summed E-state index contributed by atoms with van der Waals surface area (Å²) in [6.45, 7) is 0. The Kier molecular flexibility index (Phi) is 2.43. The number of methoxy groups -OCH3 is 1. The zero-order chi connectivity index (χ0) is 7.23. The maximum atomic E-state index is 4.70. The first-order chi connectivity index (χ1) is 4.93. The highest BCUT2D eigenvalue weighted by molar-refractivity contribution is 5.41. The molecule has 3 heteroatoms. The maximum absolute atomic E-state index is 4.70. The highest BCUT2D eigenvalue weighted by Crippen LogP contribution is 1.93. The lowest BCUT2D eigenvalue weighted by Gasteiger charge is -1.88. The van der Waals surface area contributed by atoms with Gasteiger partial charge in [0.05, 0.1) is 19.1 Å². The highest BCUT2D eigenvalue weighted by atomic mass is 16.5. The van der Waals surface area contributed by atoms with Gasteiger partial charge in [-0.25, -0.2) is 9.97 Å². The average molecular weight is 136 g/mol. The predicted octanol–water partition coefficient (Wildman–Crippen LogP) is 1.09. The summed E-state index contributed by atoms with van der Waals surface area (Å²) in [4.78, 5) is 7.71. The molecule has 0 aliphatic carbocycles. The molecule has 0 fully saturated rings. The molecule has 0 aromatic carbocycles. The zero-order valence-electron chi connectivity index (χ0n) is 5.69. The first-order valence-corrected chi connectivity index (χ1v) is 2.89. The second-order valence-corrected chi connectivity index (χ2v) is 1.67. The fraction of sp³-hybridized carbons (Fsp3) is 0.143. The molecular weight excluding hydrogens is 128 g/mol. The summed E-state index contributed by atoms with van der Waals surface area (Å²) in [7, 11) is 1.59. The van der Waals surface area contributed by atoms with Gasteiger partial charge in [0, 0.05) is 6.20 Å². The molecule has 0 atom stereocenters. The van der Waals surface area contributed by atoms with Gasteiger partial charge in [-0.05, 0) is 12.1 Å². The number of rotatable bonds is 2. The van der Waals surface area contributed by atoms with Crippen molar-refractivity contribution in [2.45, 2.75) is 0 Å². The van der Waals surface area contributed by atoms with Crippen molar-refractivity contribution in [1.82, 2.24) is 9.97 Å². The lowest BCUT2D eigenvalue weighted by Crippen LogP contribution is -1.79. The van der Waals surface area contributed by atoms with E-state index in [9.17, 15) is 0 Å². The number of aromatic nitrogens is 2. The van der Waals surface area contributed by atoms with Crippen LogP contribution < -0.4 is 0 Å². The fourth-order valence-electron chi connectivity index (χ4n) is 0.537. The van der Waals surface area contributed by atoms with Gasteiger partial charge in [-0.1, -0.05) is 0 Å². The van der Waals surface area contributed by atoms with Gasteiger partial charge in [-0.15, -0.1) is 0 Å². The van der Waals surface area contributed by atoms with Crippen molar-refractivity contribution < 1.29 is 4.74 Å². The van der Waals surface area contributed by atoms with Crippen LogP contribution in [0.4, 0.5) is 0 Å². The van der Waals surface area contributed by atoms with Crippen LogP contribution in [0.1, 0.15) is 5.69 Å². The van der Waals surface area contributed by atoms with Gasteiger partial charge in [0.1, 0.15) is 6.33 Å². The van der Waals surface area contributed by atoms with Gasteiger partial charge in [-0.2, -0.15) is 0 Å². The number of nitrogens with zero attached hydrogens (tertiary/aromatic N) is 2. The molecular formula is C7H8N2O. The van der Waals surface area contributed by atoms with Gasteiger partial charge in [-0.3, -0.25) is 0 Å². The van der Waals surface area contributed by atoms with E-state index < -0.39 is 0 Å². The summed E-state index contributed by atoms with van der Waals surface area (Å²) in [5, 5.41) is 0. The van der Waals surface area contributed by atoms with Crippen LogP contribution in [-0.2, 0) is 4.74 Å². The van der Waals surface area contributed by atoms with Gasteiger partial charge in [0.15, 0.2) is 0 Å². The Morgan fingerprint density at radius 1 is 1.60 bits per heavy atom. The first kappa shape index (κ1) is 6.74. The summed E-state index contributed by atoms with van der Waals surface area (Å²) in [5.41, 5.74) is 0.844. The minimum Gasteiger partial charge on any atom is -0.504 e. The van der Waals surface area contributed by atoms with Gasteiger partial charge in [0.2, 0.25) is 0 Å². The number of hydrogen-bond donors (Lipinski definition) is 0. The normalized spacial score (nSPS) is 10.1. The van der Waals surface area contributed by atoms with Crippen molar-refractivity contribution in [2.24, 2.45) is 0 Å². The molecule has 1 aromatic rings. The molecule has 1 heterocycles. The van der Waals surface area contributed by atoms with E-state index in [1.807, 2.05) is 0 Å². The second kappa shape index (κ2) is 3.61. The molecule has 1 aromatic heterocycles. The Morgan fingerprint density at radius 3 is 3.10 bits per heavy atom. The van der Waals surface area contributed by atoms with Gasteiger partial charge >= 0.3 is 0 Å². The molecule has 0 amide bonds. The van der Waals surface area contributed by atoms with Crippen molar-refractivity contribution >= 4 is 6.08 Å². The third-order valence-electron chi connectivity index (χ3n) is 0.980. The molecule has 0 unspecified atom stereocenters. The largest absolute Gasteiger partial charge is 0.504 e. The number of hydrogen-bond acceptors (Lipinski definition) is 3. The molecule has 10 heavy (non-hydrogen) atoms. The van der Waals surface area contributed by atoms with Crippen LogP contribution in [0.25, 0.3) is 6.08 Å². The maximum Gasteiger partial charge on any atom is 0.115 e. The molecule has 0 spiro atoms. The summed E-state index contributed by atoms with van der Waals surface area (Å²) >= 11 is 0. The minimum atomic E-state index is 0.844. The molecule has 0 aliphatic heterocycles. The molecule has 0 bridgehead atoms. The van der Waals surface area contributed by atoms with Crippen LogP contribution in [0.2, 0.25) is 0 Å². The minimum absolute atomic E-state index is 0.844. The Labute approximate surface area is 59.4 Å². The second-order valence-electron chi connectivity index (χ2n) is 1.67. The Balaban J connectivity index is 2.67. The Hall–Kier alpha value is -1.38. The fourth-order valence-corrected chi connectivity index (χ4v) is 0.537. The molecule has 0 aliphatic rings. The summed E-state index contributed by atoms with van der Waals surface area (Å²) < 4.78 is 4.70. The summed E-state index contributed by atoms with van der Waals surface area (Å²) in [5.74, 6) is 0. The van der Waals surface area contributed by atoms with E-state index in [1.165, 1.54) is 6.33 Å². The van der Waals surface area contributed by atoms with Crippen LogP contribution in [-0.4, -0.2) is 17.1 Å². The molecule has 0 N–H and O–H groups in total. The molecule has 0 saturated heterocycles. The van der Waals surface area contributed by atoms with Crippen molar-refractivity contribution in [1.29, 1.82) is 0 Å². The van der Waals surface area contributed by atoms with Gasteiger partial charge < -0.3 is 4.74 Å². The van der Waals surface area contributed by atoms with E-state index in [2.05, 4.69) is 9.97 Å².